The van der Waals surface area contributed by atoms with E-state index < -0.39 is 0 Å². The molecule has 0 heterocycles. The Labute approximate surface area is 124 Å². The molecule has 1 aromatic carbocycles. The number of nitrogens with one attached hydrogen (secondary N) is 1. The van der Waals surface area contributed by atoms with Gasteiger partial charge in [-0.1, -0.05) is 12.1 Å². The Hall–Kier alpha value is -1.84. The highest BCUT2D eigenvalue weighted by molar-refractivity contribution is 6.00. The minimum atomic E-state index is -0.200. The molecule has 110 valence electrons. The fourth-order valence-corrected chi connectivity index (χ4v) is 4.73. The Morgan fingerprint density at radius 3 is 2.29 bits per heavy atom. The van der Waals surface area contributed by atoms with Crippen molar-refractivity contribution in [2.45, 2.75) is 32.1 Å². The first-order chi connectivity index (χ1) is 10.2. The van der Waals surface area contributed by atoms with Crippen molar-refractivity contribution in [3.63, 3.8) is 0 Å². The van der Waals surface area contributed by atoms with E-state index in [-0.39, 0.29) is 5.91 Å². The lowest BCUT2D eigenvalue weighted by Crippen LogP contribution is -2.46. The molecular weight excluding hydrogens is 262 g/mol. The van der Waals surface area contributed by atoms with Crippen LogP contribution in [0.4, 0.5) is 5.69 Å². The van der Waals surface area contributed by atoms with E-state index in [0.29, 0.717) is 23.1 Å². The maximum Gasteiger partial charge on any atom is 0.273 e. The average Bonchev–Trinajstić information content (AvgIpc) is 2.46. The highest BCUT2D eigenvalue weighted by Crippen LogP contribution is 2.52. The SMILES string of the molecule is Nc1ccccc1C(=O)NN=C1C2CC3CC(C2)CC1C3. The van der Waals surface area contributed by atoms with Crippen LogP contribution in [0.5, 0.6) is 0 Å². The van der Waals surface area contributed by atoms with Crippen molar-refractivity contribution in [1.82, 2.24) is 5.43 Å². The second kappa shape index (κ2) is 4.86. The number of hydrogen-bond acceptors (Lipinski definition) is 3. The number of carbonyl (C=O) groups excluding carboxylic acids is 1. The Morgan fingerprint density at radius 2 is 1.67 bits per heavy atom. The third kappa shape index (κ3) is 2.23. The molecule has 1 amide bonds. The van der Waals surface area contributed by atoms with Crippen LogP contribution >= 0.6 is 0 Å². The average molecular weight is 283 g/mol. The zero-order valence-electron chi connectivity index (χ0n) is 12.1. The molecule has 4 saturated carbocycles. The molecule has 0 spiro atoms. The number of nitrogens with two attached hydrogens (primary N) is 1. The Kier molecular flexibility index (Phi) is 2.98. The van der Waals surface area contributed by atoms with Gasteiger partial charge >= 0.3 is 0 Å². The second-order valence-corrected chi connectivity index (χ2v) is 6.87. The molecule has 4 aliphatic rings. The van der Waals surface area contributed by atoms with E-state index in [1.54, 1.807) is 12.1 Å². The van der Waals surface area contributed by atoms with Gasteiger partial charge in [0.15, 0.2) is 0 Å². The van der Waals surface area contributed by atoms with Crippen LogP contribution in [0.15, 0.2) is 29.4 Å². The monoisotopic (exact) mass is 283 g/mol. The quantitative estimate of drug-likeness (QED) is 0.647. The number of hydrogen-bond donors (Lipinski definition) is 2. The van der Waals surface area contributed by atoms with Gasteiger partial charge < -0.3 is 5.73 Å². The lowest BCUT2D eigenvalue weighted by molar-refractivity contribution is 0.0943. The highest BCUT2D eigenvalue weighted by Gasteiger charge is 2.46. The van der Waals surface area contributed by atoms with Gasteiger partial charge in [-0.2, -0.15) is 5.10 Å². The van der Waals surface area contributed by atoms with Gasteiger partial charge in [0.2, 0.25) is 0 Å². The van der Waals surface area contributed by atoms with Crippen LogP contribution in [-0.4, -0.2) is 11.6 Å². The minimum Gasteiger partial charge on any atom is -0.398 e. The van der Waals surface area contributed by atoms with Gasteiger partial charge in [-0.05, 0) is 67.9 Å². The van der Waals surface area contributed by atoms with Crippen LogP contribution in [0.2, 0.25) is 0 Å². The van der Waals surface area contributed by atoms with Crippen molar-refractivity contribution in [3.05, 3.63) is 29.8 Å². The van der Waals surface area contributed by atoms with E-state index in [1.807, 2.05) is 12.1 Å². The standard InChI is InChI=1S/C17H21N3O/c18-15-4-2-1-3-14(15)17(21)20-19-16-12-6-10-5-11(8-12)9-13(16)7-10/h1-4,10-13H,5-9,18H2,(H,20,21). The predicted octanol–water partition coefficient (Wildman–Crippen LogP) is 2.81. The van der Waals surface area contributed by atoms with Crippen LogP contribution in [0.3, 0.4) is 0 Å². The fourth-order valence-electron chi connectivity index (χ4n) is 4.73. The van der Waals surface area contributed by atoms with Crippen LogP contribution < -0.4 is 11.2 Å². The summed E-state index contributed by atoms with van der Waals surface area (Å²) >= 11 is 0. The fraction of sp³-hybridized carbons (Fsp3) is 0.529. The van der Waals surface area contributed by atoms with Crippen molar-refractivity contribution in [3.8, 4) is 0 Å². The molecular formula is C17H21N3O. The summed E-state index contributed by atoms with van der Waals surface area (Å²) in [5.41, 5.74) is 10.8. The first-order valence-corrected chi connectivity index (χ1v) is 7.93. The summed E-state index contributed by atoms with van der Waals surface area (Å²) in [5, 5.41) is 4.50. The van der Waals surface area contributed by atoms with E-state index in [2.05, 4.69) is 10.5 Å². The number of anilines is 1. The maximum absolute atomic E-state index is 12.2. The molecule has 4 fully saturated rings. The van der Waals surface area contributed by atoms with E-state index in [4.69, 9.17) is 5.73 Å². The lowest BCUT2D eigenvalue weighted by atomic mass is 9.55. The van der Waals surface area contributed by atoms with Crippen molar-refractivity contribution in [1.29, 1.82) is 0 Å². The molecule has 4 aliphatic carbocycles. The summed E-state index contributed by atoms with van der Waals surface area (Å²) in [6.45, 7) is 0. The number of carbonyl (C=O) groups is 1. The summed E-state index contributed by atoms with van der Waals surface area (Å²) in [6, 6.07) is 7.13. The number of benzene rings is 1. The molecule has 0 aliphatic heterocycles. The van der Waals surface area contributed by atoms with Crippen molar-refractivity contribution in [2.75, 3.05) is 5.73 Å². The molecule has 4 heteroatoms. The van der Waals surface area contributed by atoms with Crippen LogP contribution in [0.25, 0.3) is 0 Å². The lowest BCUT2D eigenvalue weighted by Gasteiger charge is -2.50. The van der Waals surface area contributed by atoms with Crippen LogP contribution in [-0.2, 0) is 0 Å². The van der Waals surface area contributed by atoms with Gasteiger partial charge in [0, 0.05) is 11.4 Å². The van der Waals surface area contributed by atoms with Crippen molar-refractivity contribution < 1.29 is 4.79 Å². The van der Waals surface area contributed by atoms with Crippen molar-refractivity contribution >= 4 is 17.3 Å². The normalized spacial score (nSPS) is 33.0. The van der Waals surface area contributed by atoms with Gasteiger partial charge in [-0.3, -0.25) is 4.79 Å². The smallest absolute Gasteiger partial charge is 0.273 e. The molecule has 1 aromatic rings. The highest BCUT2D eigenvalue weighted by atomic mass is 16.2. The number of nitrogens with zero attached hydrogens (tertiary/aromatic N) is 1. The first-order valence-electron chi connectivity index (χ1n) is 7.93. The number of para-hydroxylation sites is 1. The second-order valence-electron chi connectivity index (χ2n) is 6.87. The maximum atomic E-state index is 12.2. The molecule has 0 aromatic heterocycles. The van der Waals surface area contributed by atoms with Gasteiger partial charge in [-0.25, -0.2) is 5.43 Å². The number of rotatable bonds is 2. The largest absolute Gasteiger partial charge is 0.398 e. The molecule has 5 rings (SSSR count). The summed E-state index contributed by atoms with van der Waals surface area (Å²) in [4.78, 5) is 12.2. The zero-order chi connectivity index (χ0) is 14.4. The number of amides is 1. The molecule has 3 N–H and O–H groups in total. The third-order valence-electron chi connectivity index (χ3n) is 5.47. The summed E-state index contributed by atoms with van der Waals surface area (Å²) in [6.07, 6.45) is 6.52. The molecule has 0 saturated heterocycles. The number of hydrazone groups is 1. The Morgan fingerprint density at radius 1 is 1.05 bits per heavy atom. The molecule has 0 unspecified atom stereocenters. The van der Waals surface area contributed by atoms with E-state index in [1.165, 1.54) is 37.8 Å². The van der Waals surface area contributed by atoms with E-state index in [0.717, 1.165) is 11.8 Å². The van der Waals surface area contributed by atoms with Gasteiger partial charge in [0.05, 0.1) is 5.56 Å². The van der Waals surface area contributed by atoms with E-state index in [9.17, 15) is 4.79 Å². The third-order valence-corrected chi connectivity index (χ3v) is 5.47. The molecule has 4 nitrogen and oxygen atoms in total. The van der Waals surface area contributed by atoms with Gasteiger partial charge in [0.1, 0.15) is 0 Å². The summed E-state index contributed by atoms with van der Waals surface area (Å²) in [5.74, 6) is 2.83. The van der Waals surface area contributed by atoms with Crippen molar-refractivity contribution in [2.24, 2.45) is 28.8 Å². The topological polar surface area (TPSA) is 67.5 Å². The van der Waals surface area contributed by atoms with Gasteiger partial charge in [-0.15, -0.1) is 0 Å². The van der Waals surface area contributed by atoms with E-state index >= 15 is 0 Å². The van der Waals surface area contributed by atoms with Crippen LogP contribution in [0, 0.1) is 23.7 Å². The minimum absolute atomic E-state index is 0.200. The van der Waals surface area contributed by atoms with Crippen LogP contribution in [0.1, 0.15) is 42.5 Å². The Balaban J connectivity index is 1.51. The Bertz CT molecular complexity index is 578. The summed E-state index contributed by atoms with van der Waals surface area (Å²) < 4.78 is 0. The predicted molar refractivity (Wildman–Crippen MR) is 82.8 cm³/mol. The molecule has 21 heavy (non-hydrogen) atoms. The molecule has 4 bridgehead atoms. The molecule has 0 radical (unpaired) electrons. The summed E-state index contributed by atoms with van der Waals surface area (Å²) in [7, 11) is 0. The zero-order valence-corrected chi connectivity index (χ0v) is 12.1. The first kappa shape index (κ1) is 12.9. The molecule has 0 atom stereocenters. The van der Waals surface area contributed by atoms with Gasteiger partial charge in [0.25, 0.3) is 5.91 Å². The number of nitrogen functional groups attached to an aromatic ring is 1.